The number of hydrogen-bond donors (Lipinski definition) is 2. The Morgan fingerprint density at radius 1 is 1.19 bits per heavy atom. The third kappa shape index (κ3) is 5.38. The van der Waals surface area contributed by atoms with Crippen molar-refractivity contribution in [1.29, 1.82) is 0 Å². The lowest BCUT2D eigenvalue weighted by atomic mass is 9.63. The second kappa shape index (κ2) is 7.56. The van der Waals surface area contributed by atoms with Crippen molar-refractivity contribution in [3.8, 4) is 5.75 Å². The fourth-order valence-corrected chi connectivity index (χ4v) is 4.29. The van der Waals surface area contributed by atoms with Crippen molar-refractivity contribution in [3.63, 3.8) is 0 Å². The van der Waals surface area contributed by atoms with Gasteiger partial charge < -0.3 is 20.5 Å². The molecule has 2 atom stereocenters. The maximum atomic E-state index is 12.3. The number of hydrogen-bond acceptors (Lipinski definition) is 4. The van der Waals surface area contributed by atoms with Crippen LogP contribution in [0.1, 0.15) is 51.2 Å². The van der Waals surface area contributed by atoms with E-state index in [0.717, 1.165) is 24.0 Å². The van der Waals surface area contributed by atoms with E-state index in [2.05, 4.69) is 26.1 Å². The van der Waals surface area contributed by atoms with Crippen molar-refractivity contribution >= 4 is 12.2 Å². The van der Waals surface area contributed by atoms with E-state index in [1.807, 2.05) is 32.0 Å². The zero-order valence-corrected chi connectivity index (χ0v) is 16.3. The summed E-state index contributed by atoms with van der Waals surface area (Å²) < 4.78 is 10.8. The molecular formula is C20H30N2O4. The van der Waals surface area contributed by atoms with Crippen molar-refractivity contribution in [2.45, 2.75) is 60.0 Å². The van der Waals surface area contributed by atoms with Gasteiger partial charge in [-0.2, -0.15) is 0 Å². The number of benzene rings is 1. The Kier molecular flexibility index (Phi) is 5.84. The van der Waals surface area contributed by atoms with E-state index in [1.54, 1.807) is 0 Å². The predicted octanol–water partition coefficient (Wildman–Crippen LogP) is 4.07. The summed E-state index contributed by atoms with van der Waals surface area (Å²) in [4.78, 5) is 23.4. The molecule has 1 aromatic carbocycles. The number of carbonyl (C=O) groups excluding carboxylic acids is 2. The van der Waals surface area contributed by atoms with Gasteiger partial charge in [0.2, 0.25) is 0 Å². The SMILES string of the molecule is Cc1cccc(C)c1OC(=O)NCC1(C)CC(OC(N)=O)CC(C)(C)C1. The Labute approximate surface area is 155 Å². The highest BCUT2D eigenvalue weighted by Crippen LogP contribution is 2.46. The summed E-state index contributed by atoms with van der Waals surface area (Å²) in [5.74, 6) is 0.592. The normalized spacial score (nSPS) is 24.6. The number of amides is 2. The fraction of sp³-hybridized carbons (Fsp3) is 0.600. The van der Waals surface area contributed by atoms with E-state index in [-0.39, 0.29) is 16.9 Å². The highest BCUT2D eigenvalue weighted by Gasteiger charge is 2.42. The molecule has 1 aliphatic rings. The molecule has 0 aliphatic heterocycles. The highest BCUT2D eigenvalue weighted by atomic mass is 16.6. The second-order valence-electron chi connectivity index (χ2n) is 8.58. The molecule has 2 amide bonds. The van der Waals surface area contributed by atoms with Gasteiger partial charge in [0.25, 0.3) is 0 Å². The predicted molar refractivity (Wildman–Crippen MR) is 100 cm³/mol. The van der Waals surface area contributed by atoms with E-state index in [9.17, 15) is 9.59 Å². The fourth-order valence-electron chi connectivity index (χ4n) is 4.29. The minimum absolute atomic E-state index is 0.00862. The second-order valence-corrected chi connectivity index (χ2v) is 8.58. The van der Waals surface area contributed by atoms with Gasteiger partial charge in [-0.05, 0) is 55.1 Å². The molecule has 2 rings (SSSR count). The van der Waals surface area contributed by atoms with E-state index in [0.29, 0.717) is 18.7 Å². The smallest absolute Gasteiger partial charge is 0.412 e. The number of primary amides is 1. The zero-order chi connectivity index (χ0) is 19.5. The van der Waals surface area contributed by atoms with E-state index >= 15 is 0 Å². The lowest BCUT2D eigenvalue weighted by Gasteiger charge is -2.45. The van der Waals surface area contributed by atoms with Crippen molar-refractivity contribution in [2.75, 3.05) is 6.54 Å². The third-order valence-corrected chi connectivity index (χ3v) is 4.95. The molecule has 144 valence electrons. The van der Waals surface area contributed by atoms with E-state index in [1.165, 1.54) is 0 Å². The first kappa shape index (κ1) is 20.1. The summed E-state index contributed by atoms with van der Waals surface area (Å²) in [6.45, 7) is 10.6. The number of nitrogens with two attached hydrogens (primary N) is 1. The minimum Gasteiger partial charge on any atom is -0.446 e. The molecule has 6 nitrogen and oxygen atoms in total. The van der Waals surface area contributed by atoms with E-state index in [4.69, 9.17) is 15.2 Å². The lowest BCUT2D eigenvalue weighted by molar-refractivity contribution is -0.0163. The number of aryl methyl sites for hydroxylation is 2. The Bertz CT molecular complexity index is 666. The molecule has 0 saturated heterocycles. The van der Waals surface area contributed by atoms with Crippen LogP contribution in [0.15, 0.2) is 18.2 Å². The van der Waals surface area contributed by atoms with Crippen molar-refractivity contribution in [3.05, 3.63) is 29.3 Å². The monoisotopic (exact) mass is 362 g/mol. The van der Waals surface area contributed by atoms with Crippen LogP contribution in [0.3, 0.4) is 0 Å². The van der Waals surface area contributed by atoms with Crippen molar-refractivity contribution in [2.24, 2.45) is 16.6 Å². The van der Waals surface area contributed by atoms with Gasteiger partial charge in [-0.25, -0.2) is 9.59 Å². The van der Waals surface area contributed by atoms with Crippen LogP contribution in [-0.2, 0) is 4.74 Å². The maximum absolute atomic E-state index is 12.3. The van der Waals surface area contributed by atoms with Crippen molar-refractivity contribution < 1.29 is 19.1 Å². The molecule has 1 fully saturated rings. The first-order valence-corrected chi connectivity index (χ1v) is 8.98. The summed E-state index contributed by atoms with van der Waals surface area (Å²) in [5, 5.41) is 2.87. The number of carbonyl (C=O) groups is 2. The van der Waals surface area contributed by atoms with Crippen LogP contribution in [0.2, 0.25) is 0 Å². The minimum atomic E-state index is -0.752. The van der Waals surface area contributed by atoms with Gasteiger partial charge in [0.1, 0.15) is 11.9 Å². The molecule has 1 aliphatic carbocycles. The first-order chi connectivity index (χ1) is 12.0. The molecule has 26 heavy (non-hydrogen) atoms. The summed E-state index contributed by atoms with van der Waals surface area (Å²) in [7, 11) is 0. The molecule has 2 unspecified atom stereocenters. The van der Waals surface area contributed by atoms with Crippen LogP contribution in [0.25, 0.3) is 0 Å². The summed E-state index contributed by atoms with van der Waals surface area (Å²) in [5.41, 5.74) is 6.80. The average molecular weight is 362 g/mol. The molecular weight excluding hydrogens is 332 g/mol. The largest absolute Gasteiger partial charge is 0.446 e. The molecule has 3 N–H and O–H groups in total. The van der Waals surface area contributed by atoms with E-state index < -0.39 is 12.2 Å². The molecule has 0 aromatic heterocycles. The first-order valence-electron chi connectivity index (χ1n) is 8.98. The molecule has 1 aromatic rings. The van der Waals surface area contributed by atoms with Crippen LogP contribution in [0, 0.1) is 24.7 Å². The molecule has 0 spiro atoms. The topological polar surface area (TPSA) is 90.7 Å². The van der Waals surface area contributed by atoms with Gasteiger partial charge >= 0.3 is 12.2 Å². The van der Waals surface area contributed by atoms with Crippen LogP contribution in [0.5, 0.6) is 5.75 Å². The van der Waals surface area contributed by atoms with Gasteiger partial charge in [0, 0.05) is 6.54 Å². The Morgan fingerprint density at radius 2 is 1.81 bits per heavy atom. The Balaban J connectivity index is 2.00. The van der Waals surface area contributed by atoms with Crippen molar-refractivity contribution in [1.82, 2.24) is 5.32 Å². The van der Waals surface area contributed by atoms with Gasteiger partial charge in [0.05, 0.1) is 0 Å². The maximum Gasteiger partial charge on any atom is 0.412 e. The van der Waals surface area contributed by atoms with Gasteiger partial charge in [-0.15, -0.1) is 0 Å². The molecule has 1 saturated carbocycles. The van der Waals surface area contributed by atoms with Crippen LogP contribution in [-0.4, -0.2) is 24.8 Å². The third-order valence-electron chi connectivity index (χ3n) is 4.95. The van der Waals surface area contributed by atoms with Gasteiger partial charge in [0.15, 0.2) is 0 Å². The number of nitrogens with one attached hydrogen (secondary N) is 1. The Morgan fingerprint density at radius 3 is 2.38 bits per heavy atom. The molecule has 0 heterocycles. The van der Waals surface area contributed by atoms with Gasteiger partial charge in [-0.3, -0.25) is 0 Å². The summed E-state index contributed by atoms with van der Waals surface area (Å²) >= 11 is 0. The standard InChI is InChI=1S/C20H30N2O4/c1-13-7-6-8-14(2)16(13)26-18(24)22-12-20(5)10-15(25-17(21)23)9-19(3,4)11-20/h6-8,15H,9-12H2,1-5H3,(H2,21,23)(H,22,24). The number of rotatable bonds is 4. The summed E-state index contributed by atoms with van der Waals surface area (Å²) in [6, 6.07) is 5.75. The van der Waals surface area contributed by atoms with Crippen LogP contribution in [0.4, 0.5) is 9.59 Å². The summed E-state index contributed by atoms with van der Waals surface area (Å²) in [6.07, 6.45) is 0.860. The number of ether oxygens (including phenoxy) is 2. The highest BCUT2D eigenvalue weighted by molar-refractivity contribution is 5.71. The quantitative estimate of drug-likeness (QED) is 0.844. The van der Waals surface area contributed by atoms with Crippen LogP contribution < -0.4 is 15.8 Å². The van der Waals surface area contributed by atoms with Gasteiger partial charge in [-0.1, -0.05) is 39.0 Å². The zero-order valence-electron chi connectivity index (χ0n) is 16.3. The average Bonchev–Trinajstić information content (AvgIpc) is 2.46. The van der Waals surface area contributed by atoms with Crippen LogP contribution >= 0.6 is 0 Å². The Hall–Kier alpha value is -2.24. The lowest BCUT2D eigenvalue weighted by Crippen LogP contribution is -2.47. The molecule has 6 heteroatoms. The number of para-hydroxylation sites is 1. The molecule has 0 bridgehead atoms. The molecule has 0 radical (unpaired) electrons.